The summed E-state index contributed by atoms with van der Waals surface area (Å²) >= 11 is 11.0. The van der Waals surface area contributed by atoms with Crippen molar-refractivity contribution in [1.82, 2.24) is 10.6 Å². The molecule has 0 atom stereocenters. The molecule has 0 aromatic heterocycles. The summed E-state index contributed by atoms with van der Waals surface area (Å²) in [5.41, 5.74) is 1.21. The number of thiocarbonyl (C=S) groups is 1. The van der Waals surface area contributed by atoms with Gasteiger partial charge >= 0.3 is 6.18 Å². The molecule has 0 bridgehead atoms. The molecule has 0 fully saturated rings. The lowest BCUT2D eigenvalue weighted by Crippen LogP contribution is -2.35. The SMILES string of the molecule is FC(F)(F)c1ccc(CNC(=S)NCCc2ccc(Cl)cc2)cc1. The molecule has 2 aromatic rings. The highest BCUT2D eigenvalue weighted by molar-refractivity contribution is 7.80. The molecule has 2 nitrogen and oxygen atoms in total. The Morgan fingerprint density at radius 3 is 2.08 bits per heavy atom. The first-order chi connectivity index (χ1) is 11.3. The molecule has 2 rings (SSSR count). The van der Waals surface area contributed by atoms with Crippen molar-refractivity contribution in [2.24, 2.45) is 0 Å². The molecule has 0 saturated carbocycles. The number of benzene rings is 2. The molecule has 0 amide bonds. The number of hydrogen-bond acceptors (Lipinski definition) is 1. The van der Waals surface area contributed by atoms with Crippen molar-refractivity contribution in [1.29, 1.82) is 0 Å². The Hall–Kier alpha value is -1.79. The van der Waals surface area contributed by atoms with Crippen LogP contribution in [0.4, 0.5) is 13.2 Å². The molecule has 0 spiro atoms. The maximum Gasteiger partial charge on any atom is 0.416 e. The molecular formula is C17H16ClF3N2S. The Balaban J connectivity index is 1.72. The van der Waals surface area contributed by atoms with E-state index in [1.807, 2.05) is 24.3 Å². The number of rotatable bonds is 5. The molecule has 0 aliphatic rings. The second-order valence-corrected chi connectivity index (χ2v) is 6.03. The second-order valence-electron chi connectivity index (χ2n) is 5.18. The zero-order valence-corrected chi connectivity index (χ0v) is 14.2. The van der Waals surface area contributed by atoms with Crippen LogP contribution in [-0.2, 0) is 19.1 Å². The Morgan fingerprint density at radius 2 is 1.50 bits per heavy atom. The molecule has 0 unspecified atom stereocenters. The van der Waals surface area contributed by atoms with Gasteiger partial charge in [0.1, 0.15) is 0 Å². The third kappa shape index (κ3) is 6.02. The summed E-state index contributed by atoms with van der Waals surface area (Å²) in [6.07, 6.45) is -3.52. The molecular weight excluding hydrogens is 357 g/mol. The molecule has 0 aliphatic heterocycles. The van der Waals surface area contributed by atoms with E-state index in [-0.39, 0.29) is 0 Å². The molecule has 0 radical (unpaired) electrons. The summed E-state index contributed by atoms with van der Waals surface area (Å²) in [5, 5.41) is 7.19. The first kappa shape index (κ1) is 18.5. The minimum absolute atomic E-state index is 0.366. The molecule has 2 N–H and O–H groups in total. The standard InChI is InChI=1S/C17H16ClF3N2S/c18-15-7-3-12(4-8-15)9-10-22-16(24)23-11-13-1-5-14(6-2-13)17(19,20)21/h1-8H,9-11H2,(H2,22,23,24). The predicted molar refractivity (Wildman–Crippen MR) is 94.0 cm³/mol. The van der Waals surface area contributed by atoms with Crippen LogP contribution in [0.25, 0.3) is 0 Å². The topological polar surface area (TPSA) is 24.1 Å². The van der Waals surface area contributed by atoms with E-state index >= 15 is 0 Å². The van der Waals surface area contributed by atoms with Gasteiger partial charge < -0.3 is 10.6 Å². The van der Waals surface area contributed by atoms with Gasteiger partial charge in [-0.1, -0.05) is 35.9 Å². The van der Waals surface area contributed by atoms with Gasteiger partial charge in [0.05, 0.1) is 5.56 Å². The monoisotopic (exact) mass is 372 g/mol. The lowest BCUT2D eigenvalue weighted by Gasteiger charge is -2.11. The molecule has 0 heterocycles. The summed E-state index contributed by atoms with van der Waals surface area (Å²) in [5.74, 6) is 0. The van der Waals surface area contributed by atoms with Crippen LogP contribution in [0.1, 0.15) is 16.7 Å². The summed E-state index contributed by atoms with van der Waals surface area (Å²) in [7, 11) is 0. The maximum atomic E-state index is 12.5. The average Bonchev–Trinajstić information content (AvgIpc) is 2.54. The number of halogens is 4. The average molecular weight is 373 g/mol. The molecule has 0 saturated heterocycles. The first-order valence-corrected chi connectivity index (χ1v) is 8.05. The fourth-order valence-electron chi connectivity index (χ4n) is 2.03. The van der Waals surface area contributed by atoms with Crippen molar-refractivity contribution in [3.8, 4) is 0 Å². The van der Waals surface area contributed by atoms with Gasteiger partial charge in [-0.2, -0.15) is 13.2 Å². The van der Waals surface area contributed by atoms with Crippen molar-refractivity contribution in [2.75, 3.05) is 6.54 Å². The highest BCUT2D eigenvalue weighted by Gasteiger charge is 2.29. The Morgan fingerprint density at radius 1 is 0.917 bits per heavy atom. The van der Waals surface area contributed by atoms with Crippen molar-refractivity contribution < 1.29 is 13.2 Å². The van der Waals surface area contributed by atoms with E-state index in [0.717, 1.165) is 29.7 Å². The summed E-state index contributed by atoms with van der Waals surface area (Å²) in [6.45, 7) is 1.02. The largest absolute Gasteiger partial charge is 0.416 e. The maximum absolute atomic E-state index is 12.5. The molecule has 24 heavy (non-hydrogen) atoms. The van der Waals surface area contributed by atoms with Crippen LogP contribution in [0.5, 0.6) is 0 Å². The van der Waals surface area contributed by atoms with Crippen molar-refractivity contribution in [2.45, 2.75) is 19.1 Å². The number of nitrogens with one attached hydrogen (secondary N) is 2. The number of alkyl halides is 3. The van der Waals surface area contributed by atoms with E-state index in [2.05, 4.69) is 10.6 Å². The van der Waals surface area contributed by atoms with E-state index in [1.54, 1.807) is 0 Å². The Labute approximate surface area is 149 Å². The normalized spacial score (nSPS) is 11.2. The lowest BCUT2D eigenvalue weighted by atomic mass is 10.1. The van der Waals surface area contributed by atoms with Gasteiger partial charge in [-0.25, -0.2) is 0 Å². The van der Waals surface area contributed by atoms with Crippen LogP contribution >= 0.6 is 23.8 Å². The van der Waals surface area contributed by atoms with Crippen LogP contribution in [-0.4, -0.2) is 11.7 Å². The zero-order valence-electron chi connectivity index (χ0n) is 12.7. The third-order valence-corrected chi connectivity index (χ3v) is 3.89. The van der Waals surface area contributed by atoms with E-state index in [9.17, 15) is 13.2 Å². The van der Waals surface area contributed by atoms with Crippen molar-refractivity contribution >= 4 is 28.9 Å². The van der Waals surface area contributed by atoms with Gasteiger partial charge in [0.2, 0.25) is 0 Å². The highest BCUT2D eigenvalue weighted by atomic mass is 35.5. The van der Waals surface area contributed by atoms with Gasteiger partial charge in [0.25, 0.3) is 0 Å². The van der Waals surface area contributed by atoms with Crippen molar-refractivity contribution in [3.63, 3.8) is 0 Å². The minimum atomic E-state index is -4.31. The summed E-state index contributed by atoms with van der Waals surface area (Å²) in [6, 6.07) is 12.6. The quantitative estimate of drug-likeness (QED) is 0.752. The summed E-state index contributed by atoms with van der Waals surface area (Å²) < 4.78 is 37.4. The Kier molecular flexibility index (Phi) is 6.45. The fourth-order valence-corrected chi connectivity index (χ4v) is 2.33. The molecule has 0 aliphatic carbocycles. The molecule has 2 aromatic carbocycles. The molecule has 7 heteroatoms. The fraction of sp³-hybridized carbons (Fsp3) is 0.235. The van der Waals surface area contributed by atoms with E-state index in [0.29, 0.717) is 23.2 Å². The van der Waals surface area contributed by atoms with Crippen LogP contribution in [0, 0.1) is 0 Å². The third-order valence-electron chi connectivity index (χ3n) is 3.35. The lowest BCUT2D eigenvalue weighted by molar-refractivity contribution is -0.137. The van der Waals surface area contributed by atoms with Crippen molar-refractivity contribution in [3.05, 3.63) is 70.2 Å². The van der Waals surface area contributed by atoms with E-state index < -0.39 is 11.7 Å². The smallest absolute Gasteiger partial charge is 0.362 e. The van der Waals surface area contributed by atoms with Gasteiger partial charge in [-0.05, 0) is 54.0 Å². The van der Waals surface area contributed by atoms with Gasteiger partial charge in [0.15, 0.2) is 5.11 Å². The first-order valence-electron chi connectivity index (χ1n) is 7.27. The van der Waals surface area contributed by atoms with Gasteiger partial charge in [-0.3, -0.25) is 0 Å². The van der Waals surface area contributed by atoms with Gasteiger partial charge in [0, 0.05) is 18.1 Å². The van der Waals surface area contributed by atoms with Crippen LogP contribution in [0.2, 0.25) is 5.02 Å². The van der Waals surface area contributed by atoms with Crippen LogP contribution < -0.4 is 10.6 Å². The van der Waals surface area contributed by atoms with E-state index in [1.165, 1.54) is 12.1 Å². The Bertz CT molecular complexity index is 670. The zero-order chi connectivity index (χ0) is 17.6. The highest BCUT2D eigenvalue weighted by Crippen LogP contribution is 2.29. The van der Waals surface area contributed by atoms with Crippen LogP contribution in [0.3, 0.4) is 0 Å². The van der Waals surface area contributed by atoms with Crippen LogP contribution in [0.15, 0.2) is 48.5 Å². The molecule has 128 valence electrons. The number of hydrogen-bond donors (Lipinski definition) is 2. The second kappa shape index (κ2) is 8.35. The minimum Gasteiger partial charge on any atom is -0.362 e. The summed E-state index contributed by atoms with van der Waals surface area (Å²) in [4.78, 5) is 0. The van der Waals surface area contributed by atoms with E-state index in [4.69, 9.17) is 23.8 Å². The van der Waals surface area contributed by atoms with Gasteiger partial charge in [-0.15, -0.1) is 0 Å². The predicted octanol–water partition coefficient (Wildman–Crippen LogP) is 4.57.